The third-order valence-electron chi connectivity index (χ3n) is 7.92. The fourth-order valence-corrected chi connectivity index (χ4v) is 6.51. The number of alkyl halides is 3. The Labute approximate surface area is 257 Å². The summed E-state index contributed by atoms with van der Waals surface area (Å²) in [5.74, 6) is 0.277. The summed E-state index contributed by atoms with van der Waals surface area (Å²) in [5, 5.41) is 9.90. The van der Waals surface area contributed by atoms with E-state index in [0.29, 0.717) is 55.5 Å². The maximum absolute atomic E-state index is 14.3. The van der Waals surface area contributed by atoms with E-state index in [1.165, 1.54) is 13.2 Å². The number of benzene rings is 3. The van der Waals surface area contributed by atoms with Gasteiger partial charge in [-0.1, -0.05) is 18.2 Å². The van der Waals surface area contributed by atoms with Crippen LogP contribution in [0.15, 0.2) is 77.7 Å². The molecule has 3 aromatic heterocycles. The first-order valence-electron chi connectivity index (χ1n) is 13.7. The molecular formula is C32H24BrF3N6O2. The lowest BCUT2D eigenvalue weighted by Gasteiger charge is -2.31. The number of aryl methyl sites for hydroxylation is 1. The molecule has 0 atom stereocenters. The van der Waals surface area contributed by atoms with E-state index in [1.807, 2.05) is 30.3 Å². The maximum Gasteiger partial charge on any atom is 0.435 e. The zero-order valence-electron chi connectivity index (χ0n) is 23.6. The number of pyridine rings is 1. The van der Waals surface area contributed by atoms with E-state index < -0.39 is 11.9 Å². The number of hydrogen-bond acceptors (Lipinski definition) is 5. The maximum atomic E-state index is 14.3. The number of amides is 1. The van der Waals surface area contributed by atoms with Crippen molar-refractivity contribution in [1.82, 2.24) is 24.5 Å². The molecule has 0 N–H and O–H groups in total. The minimum atomic E-state index is -4.68. The zero-order chi connectivity index (χ0) is 30.7. The molecule has 0 radical (unpaired) electrons. The Bertz CT molecular complexity index is 2100. The highest BCUT2D eigenvalue weighted by Gasteiger charge is 2.39. The van der Waals surface area contributed by atoms with Crippen LogP contribution in [-0.4, -0.2) is 44.1 Å². The lowest BCUT2D eigenvalue weighted by Crippen LogP contribution is -2.38. The van der Waals surface area contributed by atoms with Crippen LogP contribution in [0.25, 0.3) is 32.9 Å². The lowest BCUT2D eigenvalue weighted by atomic mass is 9.88. The van der Waals surface area contributed by atoms with E-state index in [1.54, 1.807) is 53.4 Å². The number of methoxy groups -OCH3 is 1. The summed E-state index contributed by atoms with van der Waals surface area (Å²) in [7, 11) is 3.02. The first-order valence-corrected chi connectivity index (χ1v) is 14.5. The molecule has 4 heterocycles. The molecule has 8 nitrogen and oxygen atoms in total. The van der Waals surface area contributed by atoms with Gasteiger partial charge in [0.1, 0.15) is 5.75 Å². The molecular weight excluding hydrogens is 637 g/mol. The second-order valence-corrected chi connectivity index (χ2v) is 11.5. The summed E-state index contributed by atoms with van der Waals surface area (Å²) in [5.41, 5.74) is 2.98. The van der Waals surface area contributed by atoms with Gasteiger partial charge in [0, 0.05) is 52.4 Å². The number of aromatic nitrogens is 5. The molecule has 1 aliphatic heterocycles. The van der Waals surface area contributed by atoms with E-state index in [-0.39, 0.29) is 24.6 Å². The standard InChI is InChI=1S/C32H24BrF3N6O2/c1-40-17-25(30(39-40)32(34,35)36)22-11-18(16-42-27-6-4-3-5-19(27)15-38-42)12-23-21(22)8-10-41(31(23)43)28-7-9-37-29-24(28)13-20(44-2)14-26(29)33/h3-7,9,11-15,17H,8,10,16H2,1-2H3. The Kier molecular flexibility index (Phi) is 6.69. The molecule has 12 heteroatoms. The van der Waals surface area contributed by atoms with Gasteiger partial charge >= 0.3 is 6.18 Å². The highest BCUT2D eigenvalue weighted by Crippen LogP contribution is 2.41. The number of ether oxygens (including phenoxy) is 1. The van der Waals surface area contributed by atoms with E-state index >= 15 is 0 Å². The molecule has 0 saturated carbocycles. The second-order valence-electron chi connectivity index (χ2n) is 10.6. The minimum absolute atomic E-state index is 0.0623. The first kappa shape index (κ1) is 28.1. The smallest absolute Gasteiger partial charge is 0.435 e. The van der Waals surface area contributed by atoms with E-state index in [9.17, 15) is 18.0 Å². The zero-order valence-corrected chi connectivity index (χ0v) is 25.1. The fourth-order valence-electron chi connectivity index (χ4n) is 5.97. The molecule has 0 bridgehead atoms. The number of rotatable bonds is 5. The van der Waals surface area contributed by atoms with E-state index in [0.717, 1.165) is 15.6 Å². The summed E-state index contributed by atoms with van der Waals surface area (Å²) in [4.78, 5) is 20.5. The highest BCUT2D eigenvalue weighted by atomic mass is 79.9. The number of hydrogen-bond donors (Lipinski definition) is 0. The van der Waals surface area contributed by atoms with Crippen LogP contribution >= 0.6 is 15.9 Å². The third kappa shape index (κ3) is 4.69. The van der Waals surface area contributed by atoms with Crippen molar-refractivity contribution in [3.63, 3.8) is 0 Å². The highest BCUT2D eigenvalue weighted by molar-refractivity contribution is 9.10. The van der Waals surface area contributed by atoms with Crippen molar-refractivity contribution in [2.75, 3.05) is 18.6 Å². The van der Waals surface area contributed by atoms with Crippen molar-refractivity contribution in [2.24, 2.45) is 7.05 Å². The van der Waals surface area contributed by atoms with Gasteiger partial charge in [-0.25, -0.2) is 0 Å². The summed E-state index contributed by atoms with van der Waals surface area (Å²) >= 11 is 3.55. The summed E-state index contributed by atoms with van der Waals surface area (Å²) in [6.45, 7) is 0.516. The second kappa shape index (κ2) is 10.5. The molecule has 0 aliphatic carbocycles. The van der Waals surface area contributed by atoms with Crippen molar-refractivity contribution in [2.45, 2.75) is 19.1 Å². The van der Waals surface area contributed by atoms with Crippen molar-refractivity contribution >= 4 is 49.3 Å². The Morgan fingerprint density at radius 1 is 1.05 bits per heavy atom. The number of carbonyl (C=O) groups excluding carboxylic acids is 1. The van der Waals surface area contributed by atoms with E-state index in [2.05, 4.69) is 31.1 Å². The summed E-state index contributed by atoms with van der Waals surface area (Å²) in [6, 6.07) is 16.6. The molecule has 1 amide bonds. The minimum Gasteiger partial charge on any atom is -0.497 e. The molecule has 1 aliphatic rings. The SMILES string of the molecule is COc1cc(Br)c2nccc(N3CCc4c(cc(Cn5ncc6ccccc65)cc4-c4cn(C)nc4C(F)(F)F)C3=O)c2c1. The number of nitrogens with zero attached hydrogens (tertiary/aromatic N) is 6. The van der Waals surface area contributed by atoms with Gasteiger partial charge in [-0.2, -0.15) is 23.4 Å². The average molecular weight is 661 g/mol. The molecule has 0 spiro atoms. The van der Waals surface area contributed by atoms with Crippen LogP contribution in [-0.2, 0) is 26.2 Å². The Morgan fingerprint density at radius 2 is 1.84 bits per heavy atom. The molecule has 6 aromatic rings. The molecule has 3 aromatic carbocycles. The quantitative estimate of drug-likeness (QED) is 0.199. The van der Waals surface area contributed by atoms with Crippen LogP contribution in [0.5, 0.6) is 5.75 Å². The molecule has 7 rings (SSSR count). The average Bonchev–Trinajstić information content (AvgIpc) is 3.60. The van der Waals surface area contributed by atoms with Gasteiger partial charge in [-0.3, -0.25) is 19.1 Å². The summed E-state index contributed by atoms with van der Waals surface area (Å²) in [6.07, 6.45) is 0.398. The topological polar surface area (TPSA) is 78.1 Å². The van der Waals surface area contributed by atoms with E-state index in [4.69, 9.17) is 4.74 Å². The van der Waals surface area contributed by atoms with Crippen LogP contribution in [0.4, 0.5) is 18.9 Å². The molecule has 44 heavy (non-hydrogen) atoms. The number of fused-ring (bicyclic) bond motifs is 3. The van der Waals surface area contributed by atoms with Crippen LogP contribution in [0.2, 0.25) is 0 Å². The number of carbonyl (C=O) groups is 1. The molecule has 0 saturated heterocycles. The van der Waals surface area contributed by atoms with Crippen LogP contribution in [0.1, 0.15) is 27.2 Å². The predicted octanol–water partition coefficient (Wildman–Crippen LogP) is 7.03. The molecule has 0 fully saturated rings. The van der Waals surface area contributed by atoms with Gasteiger partial charge in [0.2, 0.25) is 0 Å². The fraction of sp³-hybridized carbons (Fsp3) is 0.188. The van der Waals surface area contributed by atoms with Gasteiger partial charge in [-0.05, 0) is 75.4 Å². The van der Waals surface area contributed by atoms with Crippen LogP contribution < -0.4 is 9.64 Å². The largest absolute Gasteiger partial charge is 0.497 e. The first-order chi connectivity index (χ1) is 21.1. The van der Waals surface area contributed by atoms with Crippen LogP contribution in [0, 0.1) is 0 Å². The van der Waals surface area contributed by atoms with Gasteiger partial charge in [0.25, 0.3) is 5.91 Å². The number of para-hydroxylation sites is 1. The van der Waals surface area contributed by atoms with Gasteiger partial charge in [0.05, 0.1) is 36.6 Å². The normalized spacial score (nSPS) is 13.6. The molecule has 222 valence electrons. The van der Waals surface area contributed by atoms with Crippen molar-refractivity contribution < 1.29 is 22.7 Å². The van der Waals surface area contributed by atoms with Gasteiger partial charge < -0.3 is 9.64 Å². The Morgan fingerprint density at radius 3 is 2.64 bits per heavy atom. The summed E-state index contributed by atoms with van der Waals surface area (Å²) < 4.78 is 51.6. The molecule has 0 unspecified atom stereocenters. The Hall–Kier alpha value is -4.71. The van der Waals surface area contributed by atoms with Gasteiger partial charge in [0.15, 0.2) is 5.69 Å². The van der Waals surface area contributed by atoms with Crippen LogP contribution in [0.3, 0.4) is 0 Å². The predicted molar refractivity (Wildman–Crippen MR) is 164 cm³/mol. The van der Waals surface area contributed by atoms with Crippen molar-refractivity contribution in [1.29, 1.82) is 0 Å². The third-order valence-corrected chi connectivity index (χ3v) is 8.52. The van der Waals surface area contributed by atoms with Gasteiger partial charge in [-0.15, -0.1) is 0 Å². The monoisotopic (exact) mass is 660 g/mol. The van der Waals surface area contributed by atoms with Crippen molar-refractivity contribution in [3.05, 3.63) is 100 Å². The number of halogens is 4. The van der Waals surface area contributed by atoms with Crippen molar-refractivity contribution in [3.8, 4) is 16.9 Å². The Balaban J connectivity index is 1.40. The lowest BCUT2D eigenvalue weighted by molar-refractivity contribution is -0.140. The number of anilines is 1.